The molecule has 0 saturated carbocycles. The van der Waals surface area contributed by atoms with Crippen LogP contribution in [-0.2, 0) is 11.2 Å². The summed E-state index contributed by atoms with van der Waals surface area (Å²) in [4.78, 5) is 22.0. The van der Waals surface area contributed by atoms with Crippen molar-refractivity contribution in [1.82, 2.24) is 9.97 Å². The highest BCUT2D eigenvalue weighted by Crippen LogP contribution is 2.42. The van der Waals surface area contributed by atoms with E-state index in [1.165, 1.54) is 28.5 Å². The van der Waals surface area contributed by atoms with Gasteiger partial charge in [-0.1, -0.05) is 43.0 Å². The number of nitrogens with zero attached hydrogens (tertiary/aromatic N) is 2. The van der Waals surface area contributed by atoms with Gasteiger partial charge < -0.3 is 5.11 Å². The van der Waals surface area contributed by atoms with Crippen LogP contribution in [0.25, 0.3) is 21.3 Å². The number of aliphatic carboxylic acids is 1. The van der Waals surface area contributed by atoms with Crippen LogP contribution in [0.15, 0.2) is 35.6 Å². The van der Waals surface area contributed by atoms with Gasteiger partial charge in [0.15, 0.2) is 0 Å². The van der Waals surface area contributed by atoms with Crippen LogP contribution in [0.1, 0.15) is 24.3 Å². The molecule has 0 aliphatic rings. The van der Waals surface area contributed by atoms with Gasteiger partial charge in [-0.25, -0.2) is 9.97 Å². The first-order valence-electron chi connectivity index (χ1n) is 7.74. The predicted octanol–water partition coefficient (Wildman–Crippen LogP) is 4.79. The Hall–Kier alpha value is -1.92. The third-order valence-electron chi connectivity index (χ3n) is 3.92. The van der Waals surface area contributed by atoms with Crippen LogP contribution in [0.3, 0.4) is 0 Å². The Labute approximate surface area is 149 Å². The zero-order chi connectivity index (χ0) is 17.3. The molecule has 2 aromatic heterocycles. The van der Waals surface area contributed by atoms with E-state index in [9.17, 15) is 9.90 Å². The van der Waals surface area contributed by atoms with Crippen LogP contribution in [0.4, 0.5) is 0 Å². The monoisotopic (exact) mass is 358 g/mol. The van der Waals surface area contributed by atoms with Crippen LogP contribution in [0.5, 0.6) is 0 Å². The molecule has 0 saturated heterocycles. The van der Waals surface area contributed by atoms with E-state index in [1.807, 2.05) is 0 Å². The van der Waals surface area contributed by atoms with Crippen molar-refractivity contribution in [2.45, 2.75) is 37.5 Å². The zero-order valence-corrected chi connectivity index (χ0v) is 15.4. The van der Waals surface area contributed by atoms with Gasteiger partial charge in [-0.2, -0.15) is 0 Å². The summed E-state index contributed by atoms with van der Waals surface area (Å²) >= 11 is 2.89. The SMILES string of the molecule is CCc1ccc(-c2c(C)sc3ncnc(SC(C)C(=O)O)c23)cc1. The van der Waals surface area contributed by atoms with Crippen molar-refractivity contribution >= 4 is 39.3 Å². The van der Waals surface area contributed by atoms with Crippen molar-refractivity contribution in [2.75, 3.05) is 0 Å². The van der Waals surface area contributed by atoms with E-state index in [2.05, 4.69) is 48.1 Å². The fraction of sp³-hybridized carbons (Fsp3) is 0.278. The van der Waals surface area contributed by atoms with E-state index in [1.54, 1.807) is 18.3 Å². The number of carbonyl (C=O) groups is 1. The van der Waals surface area contributed by atoms with Gasteiger partial charge in [-0.05, 0) is 31.4 Å². The number of carboxylic acid groups (broad SMARTS) is 1. The quantitative estimate of drug-likeness (QED) is 0.524. The number of hydrogen-bond acceptors (Lipinski definition) is 5. The number of hydrogen-bond donors (Lipinski definition) is 1. The van der Waals surface area contributed by atoms with Gasteiger partial charge in [0.1, 0.15) is 21.4 Å². The number of benzene rings is 1. The molecule has 3 aromatic rings. The minimum Gasteiger partial charge on any atom is -0.480 e. The van der Waals surface area contributed by atoms with Crippen LogP contribution < -0.4 is 0 Å². The largest absolute Gasteiger partial charge is 0.480 e. The molecule has 0 aliphatic carbocycles. The standard InChI is InChI=1S/C18H18N2O2S2/c1-4-12-5-7-13(8-6-12)14-10(2)23-16-15(14)17(20-9-19-16)24-11(3)18(21)22/h5-9,11H,4H2,1-3H3,(H,21,22). The van der Waals surface area contributed by atoms with E-state index in [0.717, 1.165) is 32.8 Å². The normalized spacial score (nSPS) is 12.5. The molecule has 1 aromatic carbocycles. The van der Waals surface area contributed by atoms with Gasteiger partial charge in [-0.3, -0.25) is 4.79 Å². The van der Waals surface area contributed by atoms with Crippen molar-refractivity contribution in [3.63, 3.8) is 0 Å². The number of carboxylic acids is 1. The average Bonchev–Trinajstić information content (AvgIpc) is 2.91. The highest BCUT2D eigenvalue weighted by atomic mass is 32.2. The molecule has 1 unspecified atom stereocenters. The fourth-order valence-electron chi connectivity index (χ4n) is 2.58. The van der Waals surface area contributed by atoms with Gasteiger partial charge in [-0.15, -0.1) is 11.3 Å². The minimum atomic E-state index is -0.840. The molecule has 2 heterocycles. The molecule has 0 aliphatic heterocycles. The Balaban J connectivity index is 2.16. The van der Waals surface area contributed by atoms with E-state index in [-0.39, 0.29) is 0 Å². The van der Waals surface area contributed by atoms with Crippen molar-refractivity contribution in [2.24, 2.45) is 0 Å². The molecule has 0 radical (unpaired) electrons. The lowest BCUT2D eigenvalue weighted by Crippen LogP contribution is -2.11. The number of thiophene rings is 1. The first-order valence-corrected chi connectivity index (χ1v) is 9.43. The first-order chi connectivity index (χ1) is 11.5. The van der Waals surface area contributed by atoms with Crippen LogP contribution in [0, 0.1) is 6.92 Å². The average molecular weight is 358 g/mol. The molecule has 0 spiro atoms. The summed E-state index contributed by atoms with van der Waals surface area (Å²) in [7, 11) is 0. The molecule has 4 nitrogen and oxygen atoms in total. The number of fused-ring (bicyclic) bond motifs is 1. The smallest absolute Gasteiger partial charge is 0.316 e. The molecule has 124 valence electrons. The molecule has 0 fully saturated rings. The molecular formula is C18H18N2O2S2. The Morgan fingerprint density at radius 2 is 2.00 bits per heavy atom. The van der Waals surface area contributed by atoms with E-state index in [4.69, 9.17) is 0 Å². The summed E-state index contributed by atoms with van der Waals surface area (Å²) in [5.74, 6) is -0.840. The van der Waals surface area contributed by atoms with Crippen molar-refractivity contribution < 1.29 is 9.90 Å². The molecule has 6 heteroatoms. The summed E-state index contributed by atoms with van der Waals surface area (Å²) in [6.07, 6.45) is 2.52. The minimum absolute atomic E-state index is 0.557. The maximum atomic E-state index is 11.2. The number of rotatable bonds is 5. The number of thioether (sulfide) groups is 1. The second-order valence-corrected chi connectivity index (χ2v) is 8.07. The summed E-state index contributed by atoms with van der Waals surface area (Å²) in [5.41, 5.74) is 3.52. The highest BCUT2D eigenvalue weighted by molar-refractivity contribution is 8.00. The topological polar surface area (TPSA) is 63.1 Å². The van der Waals surface area contributed by atoms with E-state index < -0.39 is 11.2 Å². The Kier molecular flexibility index (Phi) is 4.87. The second-order valence-electron chi connectivity index (χ2n) is 5.54. The van der Waals surface area contributed by atoms with Gasteiger partial charge in [0.05, 0.1) is 5.39 Å². The third-order valence-corrected chi connectivity index (χ3v) is 6.02. The van der Waals surface area contributed by atoms with Crippen LogP contribution in [0.2, 0.25) is 0 Å². The number of aryl methyl sites for hydroxylation is 2. The lowest BCUT2D eigenvalue weighted by molar-refractivity contribution is -0.136. The molecule has 3 rings (SSSR count). The lowest BCUT2D eigenvalue weighted by atomic mass is 10.0. The zero-order valence-electron chi connectivity index (χ0n) is 13.7. The van der Waals surface area contributed by atoms with E-state index >= 15 is 0 Å². The lowest BCUT2D eigenvalue weighted by Gasteiger charge is -2.09. The summed E-state index contributed by atoms with van der Waals surface area (Å²) < 4.78 is 0. The Morgan fingerprint density at radius 3 is 2.62 bits per heavy atom. The Morgan fingerprint density at radius 1 is 1.29 bits per heavy atom. The van der Waals surface area contributed by atoms with Crippen molar-refractivity contribution in [1.29, 1.82) is 0 Å². The van der Waals surface area contributed by atoms with Crippen LogP contribution >= 0.6 is 23.1 Å². The van der Waals surface area contributed by atoms with Gasteiger partial charge in [0.25, 0.3) is 0 Å². The Bertz CT molecular complexity index is 888. The molecular weight excluding hydrogens is 340 g/mol. The van der Waals surface area contributed by atoms with Crippen molar-refractivity contribution in [3.8, 4) is 11.1 Å². The molecule has 1 N–H and O–H groups in total. The first kappa shape index (κ1) is 16.9. The van der Waals surface area contributed by atoms with Gasteiger partial charge >= 0.3 is 5.97 Å². The van der Waals surface area contributed by atoms with Crippen molar-refractivity contribution in [3.05, 3.63) is 41.0 Å². The second kappa shape index (κ2) is 6.91. The molecule has 0 bridgehead atoms. The fourth-order valence-corrected chi connectivity index (χ4v) is 4.52. The molecule has 0 amide bonds. The van der Waals surface area contributed by atoms with Gasteiger partial charge in [0.2, 0.25) is 0 Å². The summed E-state index contributed by atoms with van der Waals surface area (Å²) in [6.45, 7) is 5.89. The molecule has 24 heavy (non-hydrogen) atoms. The van der Waals surface area contributed by atoms with E-state index in [0.29, 0.717) is 0 Å². The molecule has 1 atom stereocenters. The number of aromatic nitrogens is 2. The maximum absolute atomic E-state index is 11.2. The summed E-state index contributed by atoms with van der Waals surface area (Å²) in [5, 5.41) is 10.3. The highest BCUT2D eigenvalue weighted by Gasteiger charge is 2.20. The summed E-state index contributed by atoms with van der Waals surface area (Å²) in [6, 6.07) is 8.51. The van der Waals surface area contributed by atoms with Gasteiger partial charge in [0, 0.05) is 10.4 Å². The predicted molar refractivity (Wildman–Crippen MR) is 99.9 cm³/mol. The van der Waals surface area contributed by atoms with Crippen LogP contribution in [-0.4, -0.2) is 26.3 Å². The third kappa shape index (κ3) is 3.16. The maximum Gasteiger partial charge on any atom is 0.316 e.